The molecule has 0 amide bonds. The van der Waals surface area contributed by atoms with Crippen LogP contribution in [-0.2, 0) is 16.2 Å². The third kappa shape index (κ3) is 4.12. The number of benzene rings is 4. The maximum Gasteiger partial charge on any atom is 0.0541 e. The van der Waals surface area contributed by atoms with Crippen LogP contribution in [0.3, 0.4) is 0 Å². The highest BCUT2D eigenvalue weighted by Gasteiger charge is 2.57. The molecule has 2 nitrogen and oxygen atoms in total. The van der Waals surface area contributed by atoms with E-state index in [4.69, 9.17) is 0 Å². The lowest BCUT2D eigenvalue weighted by Gasteiger charge is -2.50. The first-order valence-corrected chi connectivity index (χ1v) is 16.3. The van der Waals surface area contributed by atoms with Crippen molar-refractivity contribution < 1.29 is 0 Å². The second kappa shape index (κ2) is 9.24. The van der Waals surface area contributed by atoms with Gasteiger partial charge in [-0.15, -0.1) is 0 Å². The molecule has 0 N–H and O–H groups in total. The van der Waals surface area contributed by atoms with Gasteiger partial charge in [-0.25, -0.2) is 0 Å². The summed E-state index contributed by atoms with van der Waals surface area (Å²) in [6.45, 7) is 21.2. The largest absolute Gasteiger partial charge is 0.334 e. The molecule has 2 unspecified atom stereocenters. The zero-order chi connectivity index (χ0) is 30.5. The highest BCUT2D eigenvalue weighted by Crippen LogP contribution is 2.60. The molecule has 1 saturated carbocycles. The summed E-state index contributed by atoms with van der Waals surface area (Å²) in [6, 6.07) is 30.7. The highest BCUT2D eigenvalue weighted by molar-refractivity contribution is 6.10. The van der Waals surface area contributed by atoms with Crippen molar-refractivity contribution in [2.24, 2.45) is 0 Å². The lowest BCUT2D eigenvalue weighted by atomic mass is 9.61. The van der Waals surface area contributed by atoms with E-state index in [2.05, 4.69) is 151 Å². The van der Waals surface area contributed by atoms with Gasteiger partial charge >= 0.3 is 0 Å². The third-order valence-corrected chi connectivity index (χ3v) is 11.1. The molecule has 7 rings (SSSR count). The zero-order valence-electron chi connectivity index (χ0n) is 27.7. The van der Waals surface area contributed by atoms with E-state index in [-0.39, 0.29) is 21.8 Å². The number of hydrogen-bond acceptors (Lipinski definition) is 1. The SMILES string of the molecule is Cc1cc(N2c3ccccc3C3(C)CCCCC23C)cc(-n2c3ccc(C(C)(C)C)cc3c3cc(C(C)(C)C)ccc32)c1. The Balaban J connectivity index is 1.49. The van der Waals surface area contributed by atoms with E-state index < -0.39 is 0 Å². The monoisotopic (exact) mass is 568 g/mol. The molecule has 2 heteroatoms. The molecule has 2 atom stereocenters. The average Bonchev–Trinajstić information content (AvgIpc) is 3.37. The molecule has 4 aromatic carbocycles. The van der Waals surface area contributed by atoms with Crippen LogP contribution in [0.25, 0.3) is 27.5 Å². The molecular weight excluding hydrogens is 520 g/mol. The van der Waals surface area contributed by atoms with Gasteiger partial charge in [-0.3, -0.25) is 0 Å². The van der Waals surface area contributed by atoms with E-state index in [0.29, 0.717) is 0 Å². The minimum absolute atomic E-state index is 0.0457. The first-order valence-electron chi connectivity index (χ1n) is 16.3. The van der Waals surface area contributed by atoms with Gasteiger partial charge in [-0.1, -0.05) is 91.6 Å². The normalized spacial score (nSPS) is 22.3. The molecule has 0 bridgehead atoms. The van der Waals surface area contributed by atoms with Crippen LogP contribution in [0.5, 0.6) is 0 Å². The van der Waals surface area contributed by atoms with Gasteiger partial charge in [0, 0.05) is 33.2 Å². The van der Waals surface area contributed by atoms with Crippen LogP contribution in [-0.4, -0.2) is 10.1 Å². The second-order valence-electron chi connectivity index (χ2n) is 16.0. The lowest BCUT2D eigenvalue weighted by Crippen LogP contribution is -2.54. The summed E-state index contributed by atoms with van der Waals surface area (Å²) >= 11 is 0. The maximum absolute atomic E-state index is 2.71. The predicted octanol–water partition coefficient (Wildman–Crippen LogP) is 11.4. The number of para-hydroxylation sites is 1. The molecule has 1 aliphatic heterocycles. The molecule has 0 spiro atoms. The number of rotatable bonds is 2. The summed E-state index contributed by atoms with van der Waals surface area (Å²) in [7, 11) is 0. The zero-order valence-corrected chi connectivity index (χ0v) is 27.7. The van der Waals surface area contributed by atoms with Crippen LogP contribution >= 0.6 is 0 Å². The summed E-state index contributed by atoms with van der Waals surface area (Å²) in [5.41, 5.74) is 12.4. The third-order valence-electron chi connectivity index (χ3n) is 11.1. The Hall–Kier alpha value is -3.52. The summed E-state index contributed by atoms with van der Waals surface area (Å²) in [6.07, 6.45) is 5.05. The van der Waals surface area contributed by atoms with E-state index in [1.165, 1.54) is 86.8 Å². The van der Waals surface area contributed by atoms with Crippen LogP contribution in [0.2, 0.25) is 0 Å². The average molecular weight is 569 g/mol. The minimum Gasteiger partial charge on any atom is -0.334 e. The van der Waals surface area contributed by atoms with Crippen LogP contribution in [0, 0.1) is 6.92 Å². The van der Waals surface area contributed by atoms with Crippen LogP contribution in [0.1, 0.15) is 103 Å². The van der Waals surface area contributed by atoms with Crippen molar-refractivity contribution in [3.05, 3.63) is 101 Å². The molecule has 0 radical (unpaired) electrons. The van der Waals surface area contributed by atoms with Gasteiger partial charge in [0.05, 0.1) is 16.6 Å². The molecule has 1 aromatic heterocycles. The van der Waals surface area contributed by atoms with Gasteiger partial charge < -0.3 is 9.47 Å². The Morgan fingerprint density at radius 1 is 0.628 bits per heavy atom. The number of aryl methyl sites for hydroxylation is 1. The van der Waals surface area contributed by atoms with Gasteiger partial charge in [0.1, 0.15) is 0 Å². The standard InChI is InChI=1S/C41H48N2/c1-27-22-30(26-31(23-27)43-37-15-11-10-14-34(37)40(8)20-12-13-21-41(40,43)9)42-35-18-16-28(38(2,3)4)24-32(35)33-25-29(39(5,6)7)17-19-36(33)42/h10-11,14-19,22-26H,12-13,20-21H2,1-9H3. The van der Waals surface area contributed by atoms with E-state index in [1.807, 2.05) is 0 Å². The molecule has 1 fully saturated rings. The van der Waals surface area contributed by atoms with Crippen molar-refractivity contribution in [2.45, 2.75) is 110 Å². The van der Waals surface area contributed by atoms with Crippen molar-refractivity contribution in [1.29, 1.82) is 0 Å². The number of hydrogen-bond donors (Lipinski definition) is 0. The van der Waals surface area contributed by atoms with E-state index in [9.17, 15) is 0 Å². The fourth-order valence-corrected chi connectivity index (χ4v) is 8.34. The minimum atomic E-state index is 0.0457. The molecule has 43 heavy (non-hydrogen) atoms. The van der Waals surface area contributed by atoms with E-state index in [1.54, 1.807) is 0 Å². The van der Waals surface area contributed by atoms with Gasteiger partial charge in [0.2, 0.25) is 0 Å². The van der Waals surface area contributed by atoms with Crippen molar-refractivity contribution in [2.75, 3.05) is 4.90 Å². The fraction of sp³-hybridized carbons (Fsp3) is 0.415. The number of anilines is 2. The van der Waals surface area contributed by atoms with Gasteiger partial charge in [0.25, 0.3) is 0 Å². The quantitative estimate of drug-likeness (QED) is 0.206. The van der Waals surface area contributed by atoms with Crippen LogP contribution < -0.4 is 4.90 Å². The van der Waals surface area contributed by atoms with Crippen LogP contribution in [0.4, 0.5) is 11.4 Å². The molecule has 2 heterocycles. The summed E-state index contributed by atoms with van der Waals surface area (Å²) in [4.78, 5) is 2.71. The smallest absolute Gasteiger partial charge is 0.0541 e. The lowest BCUT2D eigenvalue weighted by molar-refractivity contribution is 0.195. The Labute approximate surface area is 258 Å². The Kier molecular flexibility index (Phi) is 6.07. The maximum atomic E-state index is 2.71. The number of fused-ring (bicyclic) bond motifs is 6. The molecule has 1 aliphatic carbocycles. The van der Waals surface area contributed by atoms with Crippen molar-refractivity contribution in [1.82, 2.24) is 4.57 Å². The van der Waals surface area contributed by atoms with Gasteiger partial charge in [0.15, 0.2) is 0 Å². The van der Waals surface area contributed by atoms with Crippen molar-refractivity contribution >= 4 is 33.2 Å². The first-order chi connectivity index (χ1) is 20.2. The molecule has 0 saturated heterocycles. The highest BCUT2D eigenvalue weighted by atomic mass is 15.3. The number of nitrogens with zero attached hydrogens (tertiary/aromatic N) is 2. The topological polar surface area (TPSA) is 8.17 Å². The predicted molar refractivity (Wildman–Crippen MR) is 186 cm³/mol. The molecule has 2 aliphatic rings. The summed E-state index contributed by atoms with van der Waals surface area (Å²) < 4.78 is 2.52. The molecule has 5 aromatic rings. The molecular formula is C41H48N2. The van der Waals surface area contributed by atoms with Crippen molar-refractivity contribution in [3.8, 4) is 5.69 Å². The van der Waals surface area contributed by atoms with E-state index >= 15 is 0 Å². The number of aromatic nitrogens is 1. The van der Waals surface area contributed by atoms with Crippen LogP contribution in [0.15, 0.2) is 78.9 Å². The van der Waals surface area contributed by atoms with Crippen molar-refractivity contribution in [3.63, 3.8) is 0 Å². The second-order valence-corrected chi connectivity index (χ2v) is 16.0. The fourth-order valence-electron chi connectivity index (χ4n) is 8.34. The summed E-state index contributed by atoms with van der Waals surface area (Å²) in [5.74, 6) is 0. The Bertz CT molecular complexity index is 1820. The summed E-state index contributed by atoms with van der Waals surface area (Å²) in [5, 5.41) is 2.69. The van der Waals surface area contributed by atoms with Gasteiger partial charge in [-0.2, -0.15) is 0 Å². The van der Waals surface area contributed by atoms with E-state index in [0.717, 1.165) is 0 Å². The Morgan fingerprint density at radius 3 is 1.79 bits per heavy atom. The molecule has 222 valence electrons. The van der Waals surface area contributed by atoms with Gasteiger partial charge in [-0.05, 0) is 108 Å². The first kappa shape index (κ1) is 28.3. The Morgan fingerprint density at radius 2 is 1.19 bits per heavy atom.